The Hall–Kier alpha value is -1.35. The fraction of sp³-hybridized carbons (Fsp3) is 0.533. The SMILES string of the molecule is CC(C)(C)c1ccccc1C(=O)N1CCC(O)C1. The summed E-state index contributed by atoms with van der Waals surface area (Å²) >= 11 is 0. The highest BCUT2D eigenvalue weighted by Gasteiger charge is 2.28. The van der Waals surface area contributed by atoms with E-state index in [1.807, 2.05) is 24.3 Å². The summed E-state index contributed by atoms with van der Waals surface area (Å²) in [5, 5.41) is 9.53. The molecule has 1 aliphatic rings. The first-order valence-electron chi connectivity index (χ1n) is 6.46. The lowest BCUT2D eigenvalue weighted by molar-refractivity contribution is 0.0762. The summed E-state index contributed by atoms with van der Waals surface area (Å²) in [5.74, 6) is 0.0390. The first kappa shape index (κ1) is 13.1. The number of β-amino-alcohol motifs (C(OH)–C–C–N with tert-alkyl or cyclic N) is 1. The van der Waals surface area contributed by atoms with Crippen LogP contribution in [-0.2, 0) is 5.41 Å². The van der Waals surface area contributed by atoms with Gasteiger partial charge in [-0.15, -0.1) is 0 Å². The molecule has 1 heterocycles. The third-order valence-corrected chi connectivity index (χ3v) is 3.42. The van der Waals surface area contributed by atoms with Gasteiger partial charge in [-0.25, -0.2) is 0 Å². The Kier molecular flexibility index (Phi) is 3.44. The van der Waals surface area contributed by atoms with E-state index < -0.39 is 0 Å². The Morgan fingerprint density at radius 1 is 1.33 bits per heavy atom. The molecule has 2 rings (SSSR count). The van der Waals surface area contributed by atoms with Gasteiger partial charge in [0.2, 0.25) is 0 Å². The van der Waals surface area contributed by atoms with Crippen LogP contribution < -0.4 is 0 Å². The van der Waals surface area contributed by atoms with Gasteiger partial charge < -0.3 is 10.0 Å². The fourth-order valence-corrected chi connectivity index (χ4v) is 2.42. The zero-order valence-corrected chi connectivity index (χ0v) is 11.3. The Balaban J connectivity index is 2.31. The van der Waals surface area contributed by atoms with Crippen molar-refractivity contribution in [2.45, 2.75) is 38.7 Å². The maximum Gasteiger partial charge on any atom is 0.254 e. The van der Waals surface area contributed by atoms with Gasteiger partial charge in [0.15, 0.2) is 0 Å². The largest absolute Gasteiger partial charge is 0.391 e. The van der Waals surface area contributed by atoms with E-state index in [0.29, 0.717) is 19.5 Å². The summed E-state index contributed by atoms with van der Waals surface area (Å²) in [6.07, 6.45) is 0.319. The second-order valence-electron chi connectivity index (χ2n) is 5.99. The lowest BCUT2D eigenvalue weighted by Gasteiger charge is -2.24. The summed E-state index contributed by atoms with van der Waals surface area (Å²) in [5.41, 5.74) is 1.78. The molecule has 1 saturated heterocycles. The summed E-state index contributed by atoms with van der Waals surface area (Å²) in [6.45, 7) is 7.43. The average molecular weight is 247 g/mol. The summed E-state index contributed by atoms with van der Waals surface area (Å²) in [6, 6.07) is 7.76. The van der Waals surface area contributed by atoms with Crippen LogP contribution in [0, 0.1) is 0 Å². The number of hydrogen-bond donors (Lipinski definition) is 1. The van der Waals surface area contributed by atoms with Gasteiger partial charge in [-0.05, 0) is 23.5 Å². The zero-order valence-electron chi connectivity index (χ0n) is 11.3. The van der Waals surface area contributed by atoms with Gasteiger partial charge in [0.05, 0.1) is 6.10 Å². The van der Waals surface area contributed by atoms with Crippen LogP contribution in [0.15, 0.2) is 24.3 Å². The standard InChI is InChI=1S/C15H21NO2/c1-15(2,3)13-7-5-4-6-12(13)14(18)16-9-8-11(17)10-16/h4-7,11,17H,8-10H2,1-3H3. The quantitative estimate of drug-likeness (QED) is 0.826. The third kappa shape index (κ3) is 2.56. The minimum Gasteiger partial charge on any atom is -0.391 e. The number of hydrogen-bond acceptors (Lipinski definition) is 2. The summed E-state index contributed by atoms with van der Waals surface area (Å²) in [4.78, 5) is 14.2. The van der Waals surface area contributed by atoms with E-state index in [-0.39, 0.29) is 17.4 Å². The molecule has 1 fully saturated rings. The predicted octanol–water partition coefficient (Wildman–Crippen LogP) is 2.19. The van der Waals surface area contributed by atoms with Crippen LogP contribution in [0.3, 0.4) is 0 Å². The number of benzene rings is 1. The molecule has 1 N–H and O–H groups in total. The molecule has 1 aromatic carbocycles. The molecule has 0 spiro atoms. The maximum atomic E-state index is 12.5. The highest BCUT2D eigenvalue weighted by atomic mass is 16.3. The number of amides is 1. The van der Waals surface area contributed by atoms with Crippen LogP contribution in [0.4, 0.5) is 0 Å². The molecule has 1 atom stereocenters. The van der Waals surface area contributed by atoms with Crippen LogP contribution in [-0.4, -0.2) is 35.1 Å². The van der Waals surface area contributed by atoms with E-state index in [4.69, 9.17) is 0 Å². The molecule has 3 nitrogen and oxygen atoms in total. The molecule has 1 aromatic rings. The van der Waals surface area contributed by atoms with Gasteiger partial charge >= 0.3 is 0 Å². The van der Waals surface area contributed by atoms with Crippen molar-refractivity contribution < 1.29 is 9.90 Å². The first-order chi connectivity index (χ1) is 8.39. The molecule has 0 aliphatic carbocycles. The molecular weight excluding hydrogens is 226 g/mol. The Labute approximate surface area is 108 Å². The summed E-state index contributed by atoms with van der Waals surface area (Å²) < 4.78 is 0. The van der Waals surface area contributed by atoms with Gasteiger partial charge in [-0.3, -0.25) is 4.79 Å². The van der Waals surface area contributed by atoms with Crippen LogP contribution in [0.5, 0.6) is 0 Å². The number of carbonyl (C=O) groups is 1. The minimum absolute atomic E-state index is 0.0390. The monoisotopic (exact) mass is 247 g/mol. The molecule has 18 heavy (non-hydrogen) atoms. The van der Waals surface area contributed by atoms with Crippen molar-refractivity contribution in [1.82, 2.24) is 4.90 Å². The van der Waals surface area contributed by atoms with E-state index in [1.54, 1.807) is 4.90 Å². The zero-order chi connectivity index (χ0) is 13.3. The molecule has 98 valence electrons. The second-order valence-corrected chi connectivity index (χ2v) is 5.99. The van der Waals surface area contributed by atoms with Gasteiger partial charge in [-0.1, -0.05) is 39.0 Å². The Morgan fingerprint density at radius 3 is 2.56 bits per heavy atom. The minimum atomic E-state index is -0.365. The molecule has 0 saturated carbocycles. The number of aliphatic hydroxyl groups excluding tert-OH is 1. The predicted molar refractivity (Wildman–Crippen MR) is 71.7 cm³/mol. The van der Waals surface area contributed by atoms with Crippen LogP contribution in [0.25, 0.3) is 0 Å². The van der Waals surface area contributed by atoms with E-state index >= 15 is 0 Å². The number of rotatable bonds is 1. The maximum absolute atomic E-state index is 12.5. The second kappa shape index (κ2) is 4.73. The Bertz CT molecular complexity index is 448. The lowest BCUT2D eigenvalue weighted by Crippen LogP contribution is -2.31. The molecule has 1 unspecified atom stereocenters. The van der Waals surface area contributed by atoms with Crippen molar-refractivity contribution in [3.05, 3.63) is 35.4 Å². The van der Waals surface area contributed by atoms with Gasteiger partial charge in [0, 0.05) is 18.7 Å². The van der Waals surface area contributed by atoms with E-state index in [1.165, 1.54) is 0 Å². The molecule has 1 amide bonds. The molecule has 0 bridgehead atoms. The highest BCUT2D eigenvalue weighted by Crippen LogP contribution is 2.27. The van der Waals surface area contributed by atoms with Crippen molar-refractivity contribution in [3.8, 4) is 0 Å². The molecule has 3 heteroatoms. The summed E-state index contributed by atoms with van der Waals surface area (Å²) in [7, 11) is 0. The van der Waals surface area contributed by atoms with Gasteiger partial charge in [0.25, 0.3) is 5.91 Å². The normalized spacial score (nSPS) is 20.2. The third-order valence-electron chi connectivity index (χ3n) is 3.42. The smallest absolute Gasteiger partial charge is 0.254 e. The number of aliphatic hydroxyl groups is 1. The van der Waals surface area contributed by atoms with Crippen LogP contribution in [0.2, 0.25) is 0 Å². The van der Waals surface area contributed by atoms with Gasteiger partial charge in [-0.2, -0.15) is 0 Å². The fourth-order valence-electron chi connectivity index (χ4n) is 2.42. The van der Waals surface area contributed by atoms with Crippen molar-refractivity contribution in [1.29, 1.82) is 0 Å². The molecule has 1 aliphatic heterocycles. The van der Waals surface area contributed by atoms with Gasteiger partial charge in [0.1, 0.15) is 0 Å². The Morgan fingerprint density at radius 2 is 2.00 bits per heavy atom. The average Bonchev–Trinajstić information content (AvgIpc) is 2.74. The highest BCUT2D eigenvalue weighted by molar-refractivity contribution is 5.96. The molecule has 0 aromatic heterocycles. The molecular formula is C15H21NO2. The lowest BCUT2D eigenvalue weighted by atomic mass is 9.83. The van der Waals surface area contributed by atoms with E-state index in [2.05, 4.69) is 20.8 Å². The van der Waals surface area contributed by atoms with Crippen LogP contribution in [0.1, 0.15) is 43.1 Å². The van der Waals surface area contributed by atoms with Crippen LogP contribution >= 0.6 is 0 Å². The van der Waals surface area contributed by atoms with Crippen molar-refractivity contribution in [2.24, 2.45) is 0 Å². The number of carbonyl (C=O) groups excluding carboxylic acids is 1. The molecule has 0 radical (unpaired) electrons. The van der Waals surface area contributed by atoms with Crippen molar-refractivity contribution >= 4 is 5.91 Å². The number of likely N-dealkylation sites (tertiary alicyclic amines) is 1. The number of nitrogens with zero attached hydrogens (tertiary/aromatic N) is 1. The van der Waals surface area contributed by atoms with E-state index in [9.17, 15) is 9.90 Å². The van der Waals surface area contributed by atoms with E-state index in [0.717, 1.165) is 11.1 Å². The van der Waals surface area contributed by atoms with Crippen molar-refractivity contribution in [2.75, 3.05) is 13.1 Å². The van der Waals surface area contributed by atoms with Crippen molar-refractivity contribution in [3.63, 3.8) is 0 Å². The first-order valence-corrected chi connectivity index (χ1v) is 6.46. The topological polar surface area (TPSA) is 40.5 Å².